The largest absolute Gasteiger partial charge is 0.338 e. The van der Waals surface area contributed by atoms with Crippen molar-refractivity contribution in [2.24, 2.45) is 5.92 Å². The Morgan fingerprint density at radius 3 is 3.00 bits per heavy atom. The summed E-state index contributed by atoms with van der Waals surface area (Å²) >= 11 is 9.66. The van der Waals surface area contributed by atoms with Gasteiger partial charge in [0.2, 0.25) is 0 Å². The summed E-state index contributed by atoms with van der Waals surface area (Å²) in [6.07, 6.45) is 2.27. The molecule has 98 valence electrons. The van der Waals surface area contributed by atoms with Gasteiger partial charge in [-0.3, -0.25) is 4.79 Å². The molecule has 18 heavy (non-hydrogen) atoms. The fraction of sp³-hybridized carbons (Fsp3) is 0.500. The van der Waals surface area contributed by atoms with Crippen molar-refractivity contribution in [3.63, 3.8) is 0 Å². The highest BCUT2D eigenvalue weighted by Gasteiger charge is 2.24. The number of hydrogen-bond acceptors (Lipinski definition) is 1. The molecule has 0 bridgehead atoms. The Labute approximate surface area is 121 Å². The smallest absolute Gasteiger partial charge is 0.255 e. The van der Waals surface area contributed by atoms with E-state index in [2.05, 4.69) is 15.9 Å². The molecule has 1 amide bonds. The molecule has 0 saturated carbocycles. The van der Waals surface area contributed by atoms with Gasteiger partial charge >= 0.3 is 0 Å². The number of piperidine rings is 1. The molecule has 4 heteroatoms. The first-order valence-electron chi connectivity index (χ1n) is 6.23. The van der Waals surface area contributed by atoms with E-state index in [0.29, 0.717) is 16.5 Å². The molecule has 0 aliphatic carbocycles. The number of amides is 1. The number of rotatable bonds is 2. The number of likely N-dealkylation sites (tertiary alicyclic amines) is 1. The minimum absolute atomic E-state index is 0.0608. The minimum Gasteiger partial charge on any atom is -0.338 e. The lowest BCUT2D eigenvalue weighted by molar-refractivity contribution is 0.0686. The van der Waals surface area contributed by atoms with Gasteiger partial charge in [0.25, 0.3) is 5.91 Å². The summed E-state index contributed by atoms with van der Waals surface area (Å²) in [5, 5.41) is 1.51. The SMILES string of the molecule is Cc1ccc(C(=O)N2CCCC(CBr)C2)c(Cl)c1. The molecule has 1 unspecified atom stereocenters. The third kappa shape index (κ3) is 3.07. The molecule has 1 aliphatic rings. The first-order chi connectivity index (χ1) is 8.61. The third-order valence-electron chi connectivity index (χ3n) is 3.38. The van der Waals surface area contributed by atoms with Gasteiger partial charge < -0.3 is 4.90 Å². The maximum atomic E-state index is 12.4. The summed E-state index contributed by atoms with van der Waals surface area (Å²) in [5.74, 6) is 0.623. The Morgan fingerprint density at radius 1 is 1.56 bits per heavy atom. The monoisotopic (exact) mass is 329 g/mol. The number of benzene rings is 1. The third-order valence-corrected chi connectivity index (χ3v) is 4.61. The summed E-state index contributed by atoms with van der Waals surface area (Å²) in [7, 11) is 0. The lowest BCUT2D eigenvalue weighted by Crippen LogP contribution is -2.40. The highest BCUT2D eigenvalue weighted by molar-refractivity contribution is 9.09. The van der Waals surface area contributed by atoms with Gasteiger partial charge in [0.05, 0.1) is 10.6 Å². The second kappa shape index (κ2) is 6.07. The Bertz CT molecular complexity index is 449. The molecule has 0 spiro atoms. The number of alkyl halides is 1. The average Bonchev–Trinajstić information content (AvgIpc) is 2.38. The Kier molecular flexibility index (Phi) is 4.68. The van der Waals surface area contributed by atoms with E-state index in [1.807, 2.05) is 30.0 Å². The fourth-order valence-electron chi connectivity index (χ4n) is 2.34. The van der Waals surface area contributed by atoms with Crippen LogP contribution in [0.25, 0.3) is 0 Å². The van der Waals surface area contributed by atoms with Crippen molar-refractivity contribution < 1.29 is 4.79 Å². The first-order valence-corrected chi connectivity index (χ1v) is 7.73. The Balaban J connectivity index is 2.15. The van der Waals surface area contributed by atoms with E-state index in [0.717, 1.165) is 30.4 Å². The fourth-order valence-corrected chi connectivity index (χ4v) is 3.18. The summed E-state index contributed by atoms with van der Waals surface area (Å²) < 4.78 is 0. The molecule has 1 aromatic rings. The lowest BCUT2D eigenvalue weighted by Gasteiger charge is -2.32. The molecular weight excluding hydrogens is 314 g/mol. The number of hydrogen-bond donors (Lipinski definition) is 0. The number of carbonyl (C=O) groups excluding carboxylic acids is 1. The molecule has 1 saturated heterocycles. The van der Waals surface area contributed by atoms with Crippen molar-refractivity contribution in [1.29, 1.82) is 0 Å². The predicted molar refractivity (Wildman–Crippen MR) is 78.6 cm³/mol. The maximum absolute atomic E-state index is 12.4. The van der Waals surface area contributed by atoms with Gasteiger partial charge in [-0.2, -0.15) is 0 Å². The zero-order valence-electron chi connectivity index (χ0n) is 10.5. The zero-order valence-corrected chi connectivity index (χ0v) is 12.8. The highest BCUT2D eigenvalue weighted by atomic mass is 79.9. The van der Waals surface area contributed by atoms with Gasteiger partial charge in [-0.1, -0.05) is 33.6 Å². The van der Waals surface area contributed by atoms with Crippen molar-refractivity contribution in [2.45, 2.75) is 19.8 Å². The van der Waals surface area contributed by atoms with E-state index >= 15 is 0 Å². The topological polar surface area (TPSA) is 20.3 Å². The molecular formula is C14H17BrClNO. The average molecular weight is 331 g/mol. The minimum atomic E-state index is 0.0608. The standard InChI is InChI=1S/C14H17BrClNO/c1-10-4-5-12(13(16)7-10)14(18)17-6-2-3-11(8-15)9-17/h4-5,7,11H,2-3,6,8-9H2,1H3. The van der Waals surface area contributed by atoms with E-state index in [-0.39, 0.29) is 5.91 Å². The van der Waals surface area contributed by atoms with Gasteiger partial charge in [-0.15, -0.1) is 0 Å². The van der Waals surface area contributed by atoms with Crippen LogP contribution in [0.3, 0.4) is 0 Å². The molecule has 2 nitrogen and oxygen atoms in total. The molecule has 1 fully saturated rings. The van der Waals surface area contributed by atoms with Crippen LogP contribution in [0, 0.1) is 12.8 Å². The second-order valence-corrected chi connectivity index (χ2v) is 5.95. The van der Waals surface area contributed by atoms with E-state index < -0.39 is 0 Å². The van der Waals surface area contributed by atoms with Crippen LogP contribution in [0.15, 0.2) is 18.2 Å². The Hall–Kier alpha value is -0.540. The van der Waals surface area contributed by atoms with E-state index in [4.69, 9.17) is 11.6 Å². The Morgan fingerprint density at radius 2 is 2.33 bits per heavy atom. The van der Waals surface area contributed by atoms with E-state index in [1.165, 1.54) is 6.42 Å². The number of aryl methyl sites for hydroxylation is 1. The molecule has 2 rings (SSSR count). The highest BCUT2D eigenvalue weighted by Crippen LogP contribution is 2.23. The van der Waals surface area contributed by atoms with Crippen molar-refractivity contribution >= 4 is 33.4 Å². The van der Waals surface area contributed by atoms with Crippen LogP contribution in [0.4, 0.5) is 0 Å². The van der Waals surface area contributed by atoms with Gasteiger partial charge in [0.15, 0.2) is 0 Å². The van der Waals surface area contributed by atoms with Crippen molar-refractivity contribution in [3.8, 4) is 0 Å². The summed E-state index contributed by atoms with van der Waals surface area (Å²) in [6.45, 7) is 3.64. The normalized spacial score (nSPS) is 19.9. The van der Waals surface area contributed by atoms with Crippen LogP contribution >= 0.6 is 27.5 Å². The van der Waals surface area contributed by atoms with Crippen LogP contribution in [0.5, 0.6) is 0 Å². The van der Waals surface area contributed by atoms with Crippen LogP contribution in [0.1, 0.15) is 28.8 Å². The van der Waals surface area contributed by atoms with Crippen molar-refractivity contribution in [2.75, 3.05) is 18.4 Å². The molecule has 0 N–H and O–H groups in total. The quantitative estimate of drug-likeness (QED) is 0.753. The lowest BCUT2D eigenvalue weighted by atomic mass is 9.99. The number of nitrogens with zero attached hydrogens (tertiary/aromatic N) is 1. The molecule has 1 aliphatic heterocycles. The molecule has 0 aromatic heterocycles. The van der Waals surface area contributed by atoms with Gasteiger partial charge in [0.1, 0.15) is 0 Å². The molecule has 1 heterocycles. The molecule has 1 aromatic carbocycles. The molecule has 0 radical (unpaired) electrons. The first kappa shape index (κ1) is 13.9. The molecule has 1 atom stereocenters. The van der Waals surface area contributed by atoms with Gasteiger partial charge in [-0.25, -0.2) is 0 Å². The van der Waals surface area contributed by atoms with Crippen LogP contribution < -0.4 is 0 Å². The van der Waals surface area contributed by atoms with Gasteiger partial charge in [0, 0.05) is 18.4 Å². The second-order valence-electron chi connectivity index (χ2n) is 4.90. The summed E-state index contributed by atoms with van der Waals surface area (Å²) in [4.78, 5) is 14.3. The van der Waals surface area contributed by atoms with E-state index in [9.17, 15) is 4.79 Å². The van der Waals surface area contributed by atoms with Gasteiger partial charge in [-0.05, 0) is 43.4 Å². The van der Waals surface area contributed by atoms with Crippen LogP contribution in [-0.2, 0) is 0 Å². The zero-order chi connectivity index (χ0) is 13.1. The van der Waals surface area contributed by atoms with Crippen LogP contribution in [-0.4, -0.2) is 29.2 Å². The van der Waals surface area contributed by atoms with Crippen molar-refractivity contribution in [3.05, 3.63) is 34.3 Å². The van der Waals surface area contributed by atoms with Crippen LogP contribution in [0.2, 0.25) is 5.02 Å². The maximum Gasteiger partial charge on any atom is 0.255 e. The number of carbonyl (C=O) groups is 1. The summed E-state index contributed by atoms with van der Waals surface area (Å²) in [6, 6.07) is 5.61. The van der Waals surface area contributed by atoms with Crippen molar-refractivity contribution in [1.82, 2.24) is 4.90 Å². The summed E-state index contributed by atoms with van der Waals surface area (Å²) in [5.41, 5.74) is 1.70. The predicted octanol–water partition coefficient (Wildman–Crippen LogP) is 3.90. The van der Waals surface area contributed by atoms with E-state index in [1.54, 1.807) is 0 Å². The number of halogens is 2.